The molecule has 0 saturated carbocycles. The molecule has 0 spiro atoms. The van der Waals surface area contributed by atoms with E-state index in [1.165, 1.54) is 0 Å². The van der Waals surface area contributed by atoms with Crippen LogP contribution in [0.1, 0.15) is 39.3 Å². The zero-order valence-corrected chi connectivity index (χ0v) is 14.3. The number of ether oxygens (including phenoxy) is 3. The van der Waals surface area contributed by atoms with Gasteiger partial charge in [-0.05, 0) is 37.1 Å². The first kappa shape index (κ1) is 17.8. The van der Waals surface area contributed by atoms with Gasteiger partial charge < -0.3 is 19.5 Å². The number of benzene rings is 1. The predicted molar refractivity (Wildman–Crippen MR) is 86.2 cm³/mol. The van der Waals surface area contributed by atoms with Crippen LogP contribution >= 0.6 is 0 Å². The first-order chi connectivity index (χ1) is 9.87. The van der Waals surface area contributed by atoms with E-state index in [1.54, 1.807) is 14.2 Å². The van der Waals surface area contributed by atoms with Crippen LogP contribution in [0.3, 0.4) is 0 Å². The Bertz CT molecular complexity index is 418. The lowest BCUT2D eigenvalue weighted by molar-refractivity contribution is -0.0351. The van der Waals surface area contributed by atoms with Gasteiger partial charge in [-0.1, -0.05) is 20.8 Å². The number of rotatable bonds is 7. The van der Waals surface area contributed by atoms with Crippen LogP contribution in [-0.4, -0.2) is 34.0 Å². The first-order valence-electron chi connectivity index (χ1n) is 7.39. The minimum atomic E-state index is 0.0139. The van der Waals surface area contributed by atoms with Gasteiger partial charge in [-0.2, -0.15) is 0 Å². The van der Waals surface area contributed by atoms with Crippen LogP contribution in [0.15, 0.2) is 18.2 Å². The first-order valence-corrected chi connectivity index (χ1v) is 7.39. The summed E-state index contributed by atoms with van der Waals surface area (Å²) < 4.78 is 16.8. The summed E-state index contributed by atoms with van der Waals surface area (Å²) in [5, 5.41) is 3.38. The molecule has 1 aromatic rings. The lowest BCUT2D eigenvalue weighted by Crippen LogP contribution is -2.41. The lowest BCUT2D eigenvalue weighted by Gasteiger charge is -2.37. The predicted octanol–water partition coefficient (Wildman–Crippen LogP) is 3.42. The largest absolute Gasteiger partial charge is 0.497 e. The van der Waals surface area contributed by atoms with Crippen molar-refractivity contribution in [1.82, 2.24) is 5.32 Å². The van der Waals surface area contributed by atoms with Crippen LogP contribution < -0.4 is 14.8 Å². The molecule has 0 amide bonds. The molecule has 0 aliphatic rings. The van der Waals surface area contributed by atoms with Gasteiger partial charge in [0.1, 0.15) is 11.5 Å². The van der Waals surface area contributed by atoms with E-state index in [1.807, 2.05) is 32.2 Å². The molecule has 120 valence electrons. The zero-order valence-electron chi connectivity index (χ0n) is 14.3. The zero-order chi connectivity index (χ0) is 16.0. The molecule has 4 heteroatoms. The fraction of sp³-hybridized carbons (Fsp3) is 0.647. The van der Waals surface area contributed by atoms with Gasteiger partial charge in [0, 0.05) is 12.7 Å². The third kappa shape index (κ3) is 4.61. The van der Waals surface area contributed by atoms with Crippen molar-refractivity contribution in [3.63, 3.8) is 0 Å². The molecular weight excluding hydrogens is 266 g/mol. The average Bonchev–Trinajstić information content (AvgIpc) is 2.45. The number of hydrogen-bond acceptors (Lipinski definition) is 4. The lowest BCUT2D eigenvalue weighted by atomic mass is 9.82. The van der Waals surface area contributed by atoms with Gasteiger partial charge in [-0.25, -0.2) is 0 Å². The summed E-state index contributed by atoms with van der Waals surface area (Å²) in [5.41, 5.74) is 1.11. The number of likely N-dealkylation sites (N-methyl/N-ethyl adjacent to an activating group) is 1. The Labute approximate surface area is 128 Å². The summed E-state index contributed by atoms with van der Waals surface area (Å²) in [4.78, 5) is 0. The van der Waals surface area contributed by atoms with E-state index >= 15 is 0 Å². The number of nitrogens with one attached hydrogen (secondary N) is 1. The van der Waals surface area contributed by atoms with Crippen molar-refractivity contribution in [2.24, 2.45) is 5.41 Å². The van der Waals surface area contributed by atoms with Gasteiger partial charge in [0.05, 0.1) is 26.4 Å². The monoisotopic (exact) mass is 295 g/mol. The molecular formula is C17H29NO3. The highest BCUT2D eigenvalue weighted by Gasteiger charge is 2.33. The number of methoxy groups -OCH3 is 2. The highest BCUT2D eigenvalue weighted by Crippen LogP contribution is 2.35. The van der Waals surface area contributed by atoms with Gasteiger partial charge in [-0.15, -0.1) is 0 Å². The number of hydrogen-bond donors (Lipinski definition) is 1. The Kier molecular flexibility index (Phi) is 6.49. The van der Waals surface area contributed by atoms with Crippen LogP contribution in [0.4, 0.5) is 0 Å². The Morgan fingerprint density at radius 3 is 1.90 bits per heavy atom. The van der Waals surface area contributed by atoms with Crippen molar-refractivity contribution in [3.05, 3.63) is 23.8 Å². The molecule has 0 fully saturated rings. The summed E-state index contributed by atoms with van der Waals surface area (Å²) in [6.07, 6.45) is 0.0457. The highest BCUT2D eigenvalue weighted by atomic mass is 16.5. The maximum Gasteiger partial charge on any atom is 0.122 e. The second-order valence-electron chi connectivity index (χ2n) is 6.15. The van der Waals surface area contributed by atoms with E-state index in [9.17, 15) is 0 Å². The van der Waals surface area contributed by atoms with Crippen LogP contribution in [0.2, 0.25) is 0 Å². The minimum absolute atomic E-state index is 0.0139. The van der Waals surface area contributed by atoms with E-state index in [0.717, 1.165) is 17.1 Å². The fourth-order valence-corrected chi connectivity index (χ4v) is 2.53. The van der Waals surface area contributed by atoms with Gasteiger partial charge >= 0.3 is 0 Å². The summed E-state index contributed by atoms with van der Waals surface area (Å²) in [6, 6.07) is 6.00. The van der Waals surface area contributed by atoms with E-state index in [4.69, 9.17) is 14.2 Å². The normalized spacial score (nSPS) is 14.6. The molecule has 0 bridgehead atoms. The smallest absolute Gasteiger partial charge is 0.122 e. The van der Waals surface area contributed by atoms with Crippen LogP contribution in [0.25, 0.3) is 0 Å². The minimum Gasteiger partial charge on any atom is -0.497 e. The molecule has 2 atom stereocenters. The molecule has 1 aromatic carbocycles. The van der Waals surface area contributed by atoms with Crippen LogP contribution in [0, 0.1) is 5.41 Å². The van der Waals surface area contributed by atoms with Gasteiger partial charge in [0.2, 0.25) is 0 Å². The summed E-state index contributed by atoms with van der Waals surface area (Å²) >= 11 is 0. The molecule has 21 heavy (non-hydrogen) atoms. The molecule has 1 rings (SSSR count). The molecule has 0 aliphatic heterocycles. The molecule has 2 unspecified atom stereocenters. The molecule has 0 aliphatic carbocycles. The van der Waals surface area contributed by atoms with E-state index in [0.29, 0.717) is 6.61 Å². The SMILES string of the molecule is CCOC(C(NC)c1cc(OC)cc(OC)c1)C(C)(C)C. The molecule has 0 aromatic heterocycles. The summed E-state index contributed by atoms with van der Waals surface area (Å²) in [5.74, 6) is 1.57. The molecule has 0 heterocycles. The Morgan fingerprint density at radius 1 is 1.05 bits per heavy atom. The molecule has 0 saturated heterocycles. The van der Waals surface area contributed by atoms with Crippen LogP contribution in [0.5, 0.6) is 11.5 Å². The second kappa shape index (κ2) is 7.66. The third-order valence-corrected chi connectivity index (χ3v) is 3.55. The van der Waals surface area contributed by atoms with E-state index < -0.39 is 0 Å². The Balaban J connectivity index is 3.23. The average molecular weight is 295 g/mol. The maximum absolute atomic E-state index is 6.02. The summed E-state index contributed by atoms with van der Waals surface area (Å²) in [6.45, 7) is 9.28. The van der Waals surface area contributed by atoms with Crippen molar-refractivity contribution in [3.8, 4) is 11.5 Å². The quantitative estimate of drug-likeness (QED) is 0.836. The van der Waals surface area contributed by atoms with E-state index in [2.05, 4.69) is 26.1 Å². The molecule has 4 nitrogen and oxygen atoms in total. The molecule has 1 N–H and O–H groups in total. The van der Waals surface area contributed by atoms with Crippen molar-refractivity contribution in [1.29, 1.82) is 0 Å². The van der Waals surface area contributed by atoms with E-state index in [-0.39, 0.29) is 17.6 Å². The van der Waals surface area contributed by atoms with Crippen LogP contribution in [-0.2, 0) is 4.74 Å². The third-order valence-electron chi connectivity index (χ3n) is 3.55. The highest BCUT2D eigenvalue weighted by molar-refractivity contribution is 5.40. The van der Waals surface area contributed by atoms with Gasteiger partial charge in [0.25, 0.3) is 0 Å². The summed E-state index contributed by atoms with van der Waals surface area (Å²) in [7, 11) is 5.28. The van der Waals surface area contributed by atoms with Crippen molar-refractivity contribution < 1.29 is 14.2 Å². The standard InChI is InChI=1S/C17H29NO3/c1-8-21-16(17(2,3)4)15(18-5)12-9-13(19-6)11-14(10-12)20-7/h9-11,15-16,18H,8H2,1-7H3. The topological polar surface area (TPSA) is 39.7 Å². The van der Waals surface area contributed by atoms with Crippen molar-refractivity contribution in [2.45, 2.75) is 39.8 Å². The van der Waals surface area contributed by atoms with Crippen molar-refractivity contribution >= 4 is 0 Å². The molecule has 0 radical (unpaired) electrons. The maximum atomic E-state index is 6.02. The second-order valence-corrected chi connectivity index (χ2v) is 6.15. The Hall–Kier alpha value is -1.26. The van der Waals surface area contributed by atoms with Crippen molar-refractivity contribution in [2.75, 3.05) is 27.9 Å². The van der Waals surface area contributed by atoms with Gasteiger partial charge in [-0.3, -0.25) is 0 Å². The fourth-order valence-electron chi connectivity index (χ4n) is 2.53. The Morgan fingerprint density at radius 2 is 1.57 bits per heavy atom. The van der Waals surface area contributed by atoms with Gasteiger partial charge in [0.15, 0.2) is 0 Å².